The molecule has 0 fully saturated rings. The van der Waals surface area contributed by atoms with Gasteiger partial charge in [-0.2, -0.15) is 0 Å². The first-order chi connectivity index (χ1) is 13.6. The number of ether oxygens (including phenoxy) is 2. The number of methoxy groups -OCH3 is 1. The van der Waals surface area contributed by atoms with E-state index in [1.54, 1.807) is 0 Å². The Morgan fingerprint density at radius 3 is 2.48 bits per heavy atom. The number of hydrogen-bond acceptors (Lipinski definition) is 5. The van der Waals surface area contributed by atoms with Gasteiger partial charge in [-0.05, 0) is 29.8 Å². The van der Waals surface area contributed by atoms with Gasteiger partial charge in [0.05, 0.1) is 22.9 Å². The van der Waals surface area contributed by atoms with Crippen LogP contribution in [0, 0.1) is 5.82 Å². The molecule has 0 amide bonds. The Morgan fingerprint density at radius 2 is 1.90 bits per heavy atom. The quantitative estimate of drug-likeness (QED) is 0.513. The molecular weight excluding hydrogens is 445 g/mol. The molecule has 29 heavy (non-hydrogen) atoms. The smallest absolute Gasteiger partial charge is 0.305 e. The van der Waals surface area contributed by atoms with Crippen molar-refractivity contribution in [2.45, 2.75) is 19.1 Å². The predicted octanol–water partition coefficient (Wildman–Crippen LogP) is 4.14. The van der Waals surface area contributed by atoms with Crippen molar-refractivity contribution >= 4 is 41.6 Å². The van der Waals surface area contributed by atoms with Crippen LogP contribution in [0.15, 0.2) is 36.4 Å². The van der Waals surface area contributed by atoms with Crippen molar-refractivity contribution in [3.8, 4) is 5.75 Å². The summed E-state index contributed by atoms with van der Waals surface area (Å²) in [7, 11) is -2.19. The highest BCUT2D eigenvalue weighted by Gasteiger charge is 2.34. The molecule has 0 heterocycles. The average Bonchev–Trinajstić information content (AvgIpc) is 2.59. The number of hydrogen-bond donors (Lipinski definition) is 2. The molecule has 2 rings (SSSR count). The topological polar surface area (TPSA) is 93.1 Å². The fraction of sp³-hybridized carbons (Fsp3) is 0.316. The molecule has 0 aliphatic heterocycles. The summed E-state index contributed by atoms with van der Waals surface area (Å²) in [5.74, 6) is -1.50. The SMILES string of the molecule is COCP(=O)(C[C@@H](O)CC(=O)O)c1c(Cl)cc(Cl)cc1OCc1ccc(F)cc1. The maximum Gasteiger partial charge on any atom is 0.305 e. The Bertz CT molecular complexity index is 906. The van der Waals surface area contributed by atoms with Crippen LogP contribution < -0.4 is 10.0 Å². The Hall–Kier alpha value is -1.63. The van der Waals surface area contributed by atoms with E-state index in [0.29, 0.717) is 5.56 Å². The fourth-order valence-electron chi connectivity index (χ4n) is 2.81. The van der Waals surface area contributed by atoms with Gasteiger partial charge in [0.2, 0.25) is 0 Å². The van der Waals surface area contributed by atoms with Crippen molar-refractivity contribution in [2.75, 3.05) is 19.6 Å². The molecule has 10 heteroatoms. The summed E-state index contributed by atoms with van der Waals surface area (Å²) in [6.45, 7) is 0.0224. The Morgan fingerprint density at radius 1 is 1.24 bits per heavy atom. The standard InChI is InChI=1S/C19H20Cl2FO6P/c1-27-11-29(26,10-15(23)8-18(24)25)19-16(21)6-13(20)7-17(19)28-9-12-2-4-14(22)5-3-12/h2-7,15,23H,8-11H2,1H3,(H,24,25)/t15-,29?/m0/s1. The molecule has 0 aromatic heterocycles. The summed E-state index contributed by atoms with van der Waals surface area (Å²) in [5.41, 5.74) is 0.654. The van der Waals surface area contributed by atoms with E-state index < -0.39 is 31.5 Å². The van der Waals surface area contributed by atoms with Gasteiger partial charge in [0.1, 0.15) is 31.7 Å². The van der Waals surface area contributed by atoms with Crippen molar-refractivity contribution in [1.29, 1.82) is 0 Å². The predicted molar refractivity (Wildman–Crippen MR) is 109 cm³/mol. The summed E-state index contributed by atoms with van der Waals surface area (Å²) >= 11 is 12.4. The lowest BCUT2D eigenvalue weighted by molar-refractivity contribution is -0.138. The Balaban J connectivity index is 2.40. The van der Waals surface area contributed by atoms with Gasteiger partial charge in [0, 0.05) is 18.3 Å². The van der Waals surface area contributed by atoms with Gasteiger partial charge in [-0.3, -0.25) is 4.79 Å². The highest BCUT2D eigenvalue weighted by molar-refractivity contribution is 7.72. The minimum atomic E-state index is -3.52. The third kappa shape index (κ3) is 6.69. The van der Waals surface area contributed by atoms with Gasteiger partial charge in [-0.1, -0.05) is 35.3 Å². The van der Waals surface area contributed by atoms with Gasteiger partial charge in [-0.25, -0.2) is 4.39 Å². The molecule has 0 saturated heterocycles. The zero-order valence-electron chi connectivity index (χ0n) is 15.5. The van der Waals surface area contributed by atoms with Crippen LogP contribution in [0.1, 0.15) is 12.0 Å². The molecule has 6 nitrogen and oxygen atoms in total. The number of aliphatic hydroxyl groups is 1. The van der Waals surface area contributed by atoms with Crippen LogP contribution in [0.5, 0.6) is 5.75 Å². The van der Waals surface area contributed by atoms with Crippen LogP contribution in [0.2, 0.25) is 10.0 Å². The molecule has 0 aliphatic rings. The molecule has 1 unspecified atom stereocenters. The van der Waals surface area contributed by atoms with E-state index in [2.05, 4.69) is 0 Å². The summed E-state index contributed by atoms with van der Waals surface area (Å²) in [5, 5.41) is 19.3. The molecule has 2 aromatic rings. The second kappa shape index (κ2) is 10.4. The van der Waals surface area contributed by atoms with Crippen molar-refractivity contribution in [1.82, 2.24) is 0 Å². The zero-order valence-corrected chi connectivity index (χ0v) is 17.9. The highest BCUT2D eigenvalue weighted by atomic mass is 35.5. The van der Waals surface area contributed by atoms with E-state index in [9.17, 15) is 18.9 Å². The second-order valence-corrected chi connectivity index (χ2v) is 10.1. The maximum absolute atomic E-state index is 13.7. The van der Waals surface area contributed by atoms with Crippen molar-refractivity contribution in [2.24, 2.45) is 0 Å². The van der Waals surface area contributed by atoms with Crippen LogP contribution in [0.3, 0.4) is 0 Å². The van der Waals surface area contributed by atoms with Gasteiger partial charge in [0.15, 0.2) is 0 Å². The summed E-state index contributed by atoms with van der Waals surface area (Å²) in [6, 6.07) is 8.44. The maximum atomic E-state index is 13.7. The van der Waals surface area contributed by atoms with E-state index in [1.807, 2.05) is 0 Å². The molecule has 0 aliphatic carbocycles. The minimum Gasteiger partial charge on any atom is -0.488 e. The molecule has 0 bridgehead atoms. The van der Waals surface area contributed by atoms with Crippen molar-refractivity contribution in [3.63, 3.8) is 0 Å². The van der Waals surface area contributed by atoms with Crippen molar-refractivity contribution in [3.05, 3.63) is 57.8 Å². The zero-order chi connectivity index (χ0) is 21.6. The van der Waals surface area contributed by atoms with Crippen LogP contribution in [-0.2, 0) is 20.7 Å². The first-order valence-corrected chi connectivity index (χ1v) is 11.3. The minimum absolute atomic E-state index is 0.0224. The number of carbonyl (C=O) groups is 1. The molecule has 0 saturated carbocycles. The highest BCUT2D eigenvalue weighted by Crippen LogP contribution is 2.50. The lowest BCUT2D eigenvalue weighted by Crippen LogP contribution is -2.24. The number of aliphatic carboxylic acids is 1. The lowest BCUT2D eigenvalue weighted by atomic mass is 10.2. The summed E-state index contributed by atoms with van der Waals surface area (Å²) < 4.78 is 37.6. The van der Waals surface area contributed by atoms with E-state index in [0.717, 1.165) is 0 Å². The van der Waals surface area contributed by atoms with Gasteiger partial charge < -0.3 is 24.3 Å². The summed E-state index contributed by atoms with van der Waals surface area (Å²) in [4.78, 5) is 10.9. The first-order valence-electron chi connectivity index (χ1n) is 8.48. The molecule has 0 spiro atoms. The molecule has 158 valence electrons. The molecular formula is C19H20Cl2FO6P. The summed E-state index contributed by atoms with van der Waals surface area (Å²) in [6.07, 6.45) is -2.59. The van der Waals surface area contributed by atoms with Crippen molar-refractivity contribution < 1.29 is 33.4 Å². The number of carboxylic acids is 1. The second-order valence-electron chi connectivity index (χ2n) is 6.39. The Kier molecular flexibility index (Phi) is 8.49. The molecule has 2 atom stereocenters. The van der Waals surface area contributed by atoms with E-state index >= 15 is 0 Å². The van der Waals surface area contributed by atoms with Crippen LogP contribution >= 0.6 is 30.3 Å². The van der Waals surface area contributed by atoms with Crippen LogP contribution in [0.25, 0.3) is 0 Å². The fourth-order valence-corrected chi connectivity index (χ4v) is 6.38. The van der Waals surface area contributed by atoms with Gasteiger partial charge in [-0.15, -0.1) is 0 Å². The normalized spacial score (nSPS) is 14.2. The average molecular weight is 465 g/mol. The monoisotopic (exact) mass is 464 g/mol. The lowest BCUT2D eigenvalue weighted by Gasteiger charge is -2.24. The number of rotatable bonds is 10. The van der Waals surface area contributed by atoms with Crippen LogP contribution in [0.4, 0.5) is 4.39 Å². The number of halogens is 3. The largest absolute Gasteiger partial charge is 0.488 e. The van der Waals surface area contributed by atoms with Crippen LogP contribution in [-0.4, -0.2) is 41.9 Å². The molecule has 2 N–H and O–H groups in total. The van der Waals surface area contributed by atoms with E-state index in [1.165, 1.54) is 43.5 Å². The Labute approximate surface area is 177 Å². The first kappa shape index (κ1) is 23.6. The third-order valence-electron chi connectivity index (χ3n) is 3.96. The van der Waals surface area contributed by atoms with Gasteiger partial charge in [0.25, 0.3) is 0 Å². The van der Waals surface area contributed by atoms with E-state index in [4.69, 9.17) is 37.8 Å². The third-order valence-corrected chi connectivity index (χ3v) is 7.57. The number of aliphatic hydroxyl groups excluding tert-OH is 1. The van der Waals surface area contributed by atoms with E-state index in [-0.39, 0.29) is 40.2 Å². The van der Waals surface area contributed by atoms with Gasteiger partial charge >= 0.3 is 5.97 Å². The molecule has 2 aromatic carbocycles. The number of carboxylic acid groups (broad SMARTS) is 1. The molecule has 0 radical (unpaired) electrons. The number of benzene rings is 2.